The maximum Gasteiger partial charge on any atom is 0.140 e. The van der Waals surface area contributed by atoms with Crippen LogP contribution < -0.4 is 4.90 Å². The minimum absolute atomic E-state index is 0.331. The first-order chi connectivity index (χ1) is 12.4. The Morgan fingerprint density at radius 1 is 1.27 bits per heavy atom. The van der Waals surface area contributed by atoms with E-state index in [9.17, 15) is 0 Å². The number of fused-ring (bicyclic) bond motifs is 1. The Labute approximate surface area is 156 Å². The third-order valence-corrected chi connectivity index (χ3v) is 5.50. The zero-order valence-corrected chi connectivity index (χ0v) is 16.4. The Morgan fingerprint density at radius 3 is 2.54 bits per heavy atom. The molecule has 2 heterocycles. The summed E-state index contributed by atoms with van der Waals surface area (Å²) in [6.45, 7) is 15.3. The second-order valence-electron chi connectivity index (χ2n) is 7.24. The van der Waals surface area contributed by atoms with Crippen molar-refractivity contribution in [2.45, 2.75) is 47.1 Å². The fourth-order valence-electron chi connectivity index (χ4n) is 3.66. The molecule has 1 N–H and O–H groups in total. The summed E-state index contributed by atoms with van der Waals surface area (Å²) in [6, 6.07) is 6.54. The predicted molar refractivity (Wildman–Crippen MR) is 110 cm³/mol. The van der Waals surface area contributed by atoms with Gasteiger partial charge in [0.25, 0.3) is 0 Å². The number of rotatable bonds is 3. The molecule has 4 nitrogen and oxygen atoms in total. The van der Waals surface area contributed by atoms with Crippen LogP contribution >= 0.6 is 0 Å². The van der Waals surface area contributed by atoms with Crippen molar-refractivity contribution in [1.82, 2.24) is 9.78 Å². The van der Waals surface area contributed by atoms with E-state index in [2.05, 4.69) is 74.1 Å². The van der Waals surface area contributed by atoms with Gasteiger partial charge in [0.05, 0.1) is 12.2 Å². The first-order valence-corrected chi connectivity index (χ1v) is 9.17. The van der Waals surface area contributed by atoms with E-state index in [0.29, 0.717) is 11.9 Å². The number of anilines is 1. The molecule has 1 aromatic heterocycles. The van der Waals surface area contributed by atoms with Gasteiger partial charge in [-0.1, -0.05) is 30.9 Å². The normalized spacial score (nSPS) is 17.6. The van der Waals surface area contributed by atoms with Crippen molar-refractivity contribution in [3.8, 4) is 0 Å². The predicted octanol–water partition coefficient (Wildman–Crippen LogP) is 5.28. The highest BCUT2D eigenvalue weighted by molar-refractivity contribution is 6.10. The lowest BCUT2D eigenvalue weighted by atomic mass is 9.99. The third-order valence-electron chi connectivity index (χ3n) is 5.50. The van der Waals surface area contributed by atoms with Crippen LogP contribution in [-0.4, -0.2) is 22.2 Å². The van der Waals surface area contributed by atoms with E-state index < -0.39 is 0 Å². The summed E-state index contributed by atoms with van der Waals surface area (Å²) in [5, 5.41) is 13.6. The molecule has 3 rings (SSSR count). The van der Waals surface area contributed by atoms with Gasteiger partial charge in [0.2, 0.25) is 0 Å². The van der Waals surface area contributed by atoms with Crippen molar-refractivity contribution in [2.24, 2.45) is 0 Å². The number of hydrogen-bond donors (Lipinski definition) is 1. The molecule has 0 fully saturated rings. The van der Waals surface area contributed by atoms with Crippen LogP contribution in [0.5, 0.6) is 0 Å². The topological polar surface area (TPSA) is 44.9 Å². The highest BCUT2D eigenvalue weighted by Gasteiger charge is 2.30. The van der Waals surface area contributed by atoms with E-state index in [1.54, 1.807) is 0 Å². The summed E-state index contributed by atoms with van der Waals surface area (Å²) in [7, 11) is 0. The summed E-state index contributed by atoms with van der Waals surface area (Å²) < 4.78 is 2.07. The monoisotopic (exact) mass is 348 g/mol. The third kappa shape index (κ3) is 2.90. The maximum absolute atomic E-state index is 8.98. The SMILES string of the molecule is C=C/C(C)=C(\C)c1cnn2c1N(C(=N)c1c(C)cccc1C)CCC2C. The molecule has 1 atom stereocenters. The molecule has 1 aliphatic rings. The molecule has 1 aromatic carbocycles. The van der Waals surface area contributed by atoms with Crippen LogP contribution in [0.25, 0.3) is 5.57 Å². The van der Waals surface area contributed by atoms with E-state index in [4.69, 9.17) is 5.41 Å². The molecule has 1 aliphatic heterocycles. The second-order valence-corrected chi connectivity index (χ2v) is 7.24. The number of amidine groups is 1. The smallest absolute Gasteiger partial charge is 0.140 e. The molecule has 0 bridgehead atoms. The highest BCUT2D eigenvalue weighted by Crippen LogP contribution is 2.36. The molecule has 0 saturated carbocycles. The van der Waals surface area contributed by atoms with Crippen molar-refractivity contribution < 1.29 is 0 Å². The van der Waals surface area contributed by atoms with E-state index in [0.717, 1.165) is 52.2 Å². The number of benzene rings is 1. The Morgan fingerprint density at radius 2 is 1.92 bits per heavy atom. The van der Waals surface area contributed by atoms with Crippen LogP contribution in [0.15, 0.2) is 42.6 Å². The lowest BCUT2D eigenvalue weighted by molar-refractivity contribution is 0.438. The van der Waals surface area contributed by atoms with Crippen LogP contribution in [0.1, 0.15) is 55.5 Å². The van der Waals surface area contributed by atoms with Crippen LogP contribution in [0.3, 0.4) is 0 Å². The second kappa shape index (κ2) is 6.94. The van der Waals surface area contributed by atoms with Gasteiger partial charge in [-0.3, -0.25) is 5.41 Å². The van der Waals surface area contributed by atoms with Gasteiger partial charge in [0.15, 0.2) is 0 Å². The lowest BCUT2D eigenvalue weighted by Crippen LogP contribution is -2.40. The van der Waals surface area contributed by atoms with E-state index in [-0.39, 0.29) is 0 Å². The minimum Gasteiger partial charge on any atom is -0.311 e. The number of allylic oxidation sites excluding steroid dienone is 3. The summed E-state index contributed by atoms with van der Waals surface area (Å²) in [6.07, 6.45) is 4.79. The van der Waals surface area contributed by atoms with Gasteiger partial charge in [-0.15, -0.1) is 0 Å². The Balaban J connectivity index is 2.16. The zero-order valence-electron chi connectivity index (χ0n) is 16.4. The van der Waals surface area contributed by atoms with Crippen LogP contribution in [0.4, 0.5) is 5.82 Å². The molecule has 0 aliphatic carbocycles. The number of aromatic nitrogens is 2. The van der Waals surface area contributed by atoms with Gasteiger partial charge in [-0.05, 0) is 63.3 Å². The number of aryl methyl sites for hydroxylation is 2. The molecule has 0 amide bonds. The lowest BCUT2D eigenvalue weighted by Gasteiger charge is -2.35. The number of nitrogens with zero attached hydrogens (tertiary/aromatic N) is 3. The molecule has 136 valence electrons. The molecule has 26 heavy (non-hydrogen) atoms. The molecule has 0 radical (unpaired) electrons. The molecule has 4 heteroatoms. The fraction of sp³-hybridized carbons (Fsp3) is 0.364. The maximum atomic E-state index is 8.98. The minimum atomic E-state index is 0.331. The van der Waals surface area contributed by atoms with Gasteiger partial charge >= 0.3 is 0 Å². The van der Waals surface area contributed by atoms with Gasteiger partial charge in [0, 0.05) is 17.7 Å². The molecule has 0 saturated heterocycles. The van der Waals surface area contributed by atoms with Crippen LogP contribution in [0.2, 0.25) is 0 Å². The Hall–Kier alpha value is -2.62. The Kier molecular flexibility index (Phi) is 4.86. The molecular weight excluding hydrogens is 320 g/mol. The van der Waals surface area contributed by atoms with E-state index in [1.807, 2.05) is 12.3 Å². The van der Waals surface area contributed by atoms with Crippen LogP contribution in [0, 0.1) is 19.3 Å². The molecular formula is C22H28N4. The molecule has 0 spiro atoms. The van der Waals surface area contributed by atoms with Gasteiger partial charge < -0.3 is 4.90 Å². The summed E-state index contributed by atoms with van der Waals surface area (Å²) >= 11 is 0. The van der Waals surface area contributed by atoms with Crippen LogP contribution in [-0.2, 0) is 0 Å². The van der Waals surface area contributed by atoms with Crippen molar-refractivity contribution in [3.05, 3.63) is 64.9 Å². The highest BCUT2D eigenvalue weighted by atomic mass is 15.4. The van der Waals surface area contributed by atoms with Gasteiger partial charge in [-0.25, -0.2) is 4.68 Å². The molecule has 2 aromatic rings. The van der Waals surface area contributed by atoms with Crippen molar-refractivity contribution in [3.63, 3.8) is 0 Å². The van der Waals surface area contributed by atoms with Gasteiger partial charge in [-0.2, -0.15) is 5.10 Å². The van der Waals surface area contributed by atoms with E-state index >= 15 is 0 Å². The zero-order chi connectivity index (χ0) is 19.0. The van der Waals surface area contributed by atoms with Gasteiger partial charge in [0.1, 0.15) is 11.7 Å². The first kappa shape index (κ1) is 18.2. The summed E-state index contributed by atoms with van der Waals surface area (Å²) in [5.74, 6) is 1.58. The van der Waals surface area contributed by atoms with Crippen molar-refractivity contribution in [2.75, 3.05) is 11.4 Å². The van der Waals surface area contributed by atoms with Crippen molar-refractivity contribution >= 4 is 17.2 Å². The van der Waals surface area contributed by atoms with E-state index in [1.165, 1.54) is 0 Å². The number of hydrogen-bond acceptors (Lipinski definition) is 2. The molecule has 1 unspecified atom stereocenters. The summed E-state index contributed by atoms with van der Waals surface area (Å²) in [4.78, 5) is 2.12. The quantitative estimate of drug-likeness (QED) is 0.466. The largest absolute Gasteiger partial charge is 0.311 e. The fourth-order valence-corrected chi connectivity index (χ4v) is 3.66. The summed E-state index contributed by atoms with van der Waals surface area (Å²) in [5.41, 5.74) is 6.67. The Bertz CT molecular complexity index is 881. The average Bonchev–Trinajstić information content (AvgIpc) is 3.06. The first-order valence-electron chi connectivity index (χ1n) is 9.17. The van der Waals surface area contributed by atoms with Crippen molar-refractivity contribution in [1.29, 1.82) is 5.41 Å². The average molecular weight is 348 g/mol. The number of nitrogens with one attached hydrogen (secondary N) is 1. The standard InChI is InChI=1S/C22H28N4/c1-7-14(2)18(6)19-13-24-26-17(5)11-12-25(22(19)26)21(23)20-15(3)9-8-10-16(20)4/h7-10,13,17,23H,1,11-12H2,2-6H3/b18-14+,23-21?.